The summed E-state index contributed by atoms with van der Waals surface area (Å²) in [5, 5.41) is 7.20. The molecule has 2 rings (SSSR count). The molecule has 142 valence electrons. The molecule has 2 heterocycles. The van der Waals surface area contributed by atoms with E-state index in [2.05, 4.69) is 37.2 Å². The molecule has 8 nitrogen and oxygen atoms in total. The number of rotatable bonds is 9. The third-order valence-electron chi connectivity index (χ3n) is 3.32. The number of aryl methyl sites for hydroxylation is 1. The second-order valence-corrected chi connectivity index (χ2v) is 8.25. The quantitative estimate of drug-likeness (QED) is 0.333. The molecule has 0 aromatic carbocycles. The van der Waals surface area contributed by atoms with E-state index < -0.39 is 10.0 Å². The number of aliphatic imine (C=N–C) groups is 1. The van der Waals surface area contributed by atoms with E-state index in [1.165, 1.54) is 23.3 Å². The first-order valence-electron chi connectivity index (χ1n) is 8.40. The number of aromatic nitrogens is 2. The Bertz CT molecular complexity index is 805. The Kier molecular flexibility index (Phi) is 7.95. The fourth-order valence-electron chi connectivity index (χ4n) is 2.03. The van der Waals surface area contributed by atoms with Crippen LogP contribution in [0.3, 0.4) is 0 Å². The van der Waals surface area contributed by atoms with Crippen molar-refractivity contribution in [1.29, 1.82) is 0 Å². The van der Waals surface area contributed by atoms with Gasteiger partial charge in [0.05, 0.1) is 6.54 Å². The maximum Gasteiger partial charge on any atom is 0.242 e. The number of hydrogen-bond donors (Lipinski definition) is 3. The highest BCUT2D eigenvalue weighted by molar-refractivity contribution is 7.89. The molecule has 3 N–H and O–H groups in total. The molecule has 0 aliphatic heterocycles. The predicted octanol–water partition coefficient (Wildman–Crippen LogP) is 1.13. The van der Waals surface area contributed by atoms with Gasteiger partial charge in [-0.25, -0.2) is 23.1 Å². The van der Waals surface area contributed by atoms with Crippen molar-refractivity contribution in [3.63, 3.8) is 0 Å². The summed E-state index contributed by atoms with van der Waals surface area (Å²) < 4.78 is 26.8. The minimum atomic E-state index is -3.55. The van der Waals surface area contributed by atoms with Crippen LogP contribution in [0.4, 0.5) is 0 Å². The average Bonchev–Trinajstić information content (AvgIpc) is 3.12. The zero-order valence-electron chi connectivity index (χ0n) is 14.9. The third kappa shape index (κ3) is 6.36. The molecular formula is C16H24N6O2S2. The van der Waals surface area contributed by atoms with Crippen molar-refractivity contribution >= 4 is 27.3 Å². The largest absolute Gasteiger partial charge is 0.357 e. The summed E-state index contributed by atoms with van der Waals surface area (Å²) >= 11 is 1.65. The molecule has 0 aliphatic rings. The van der Waals surface area contributed by atoms with Gasteiger partial charge in [-0.1, -0.05) is 6.92 Å². The highest BCUT2D eigenvalue weighted by Crippen LogP contribution is 2.13. The standard InChI is InChI=1S/C16H24N6O2S2/c1-3-13-10-20-15(25-13)12-21-16(18-4-2)19-8-9-22-26(23,24)14-6-5-7-17-11-14/h5-7,10-11,22H,3-4,8-9,12H2,1-2H3,(H2,18,19,21). The normalized spacial score (nSPS) is 12.2. The number of hydrogen-bond acceptors (Lipinski definition) is 6. The summed E-state index contributed by atoms with van der Waals surface area (Å²) in [6.45, 7) is 5.91. The number of thiazole rings is 1. The molecule has 0 saturated heterocycles. The first kappa shape index (κ1) is 20.3. The Morgan fingerprint density at radius 3 is 2.73 bits per heavy atom. The van der Waals surface area contributed by atoms with Gasteiger partial charge in [0, 0.05) is 43.1 Å². The number of pyridine rings is 1. The minimum absolute atomic E-state index is 0.149. The Labute approximate surface area is 158 Å². The number of guanidine groups is 1. The fourth-order valence-corrected chi connectivity index (χ4v) is 3.81. The van der Waals surface area contributed by atoms with Gasteiger partial charge in [0.1, 0.15) is 9.90 Å². The van der Waals surface area contributed by atoms with Gasteiger partial charge < -0.3 is 10.6 Å². The summed E-state index contributed by atoms with van der Waals surface area (Å²) in [5.41, 5.74) is 0. The molecule has 2 aromatic rings. The molecule has 0 radical (unpaired) electrons. The lowest BCUT2D eigenvalue weighted by atomic mass is 10.4. The molecule has 0 atom stereocenters. The molecule has 0 unspecified atom stereocenters. The highest BCUT2D eigenvalue weighted by Gasteiger charge is 2.12. The van der Waals surface area contributed by atoms with Crippen molar-refractivity contribution in [3.8, 4) is 0 Å². The second-order valence-electron chi connectivity index (χ2n) is 5.28. The summed E-state index contributed by atoms with van der Waals surface area (Å²) in [4.78, 5) is 14.0. The van der Waals surface area contributed by atoms with Gasteiger partial charge in [-0.2, -0.15) is 0 Å². The van der Waals surface area contributed by atoms with Crippen LogP contribution >= 0.6 is 11.3 Å². The molecular weight excluding hydrogens is 372 g/mol. The van der Waals surface area contributed by atoms with Crippen LogP contribution in [0.1, 0.15) is 23.7 Å². The van der Waals surface area contributed by atoms with Crippen LogP contribution in [0.25, 0.3) is 0 Å². The van der Waals surface area contributed by atoms with Gasteiger partial charge >= 0.3 is 0 Å². The van der Waals surface area contributed by atoms with E-state index in [0.717, 1.165) is 11.4 Å². The Balaban J connectivity index is 1.83. The average molecular weight is 397 g/mol. The lowest BCUT2D eigenvalue weighted by Crippen LogP contribution is -2.41. The van der Waals surface area contributed by atoms with Crippen molar-refractivity contribution in [1.82, 2.24) is 25.3 Å². The van der Waals surface area contributed by atoms with E-state index in [9.17, 15) is 8.42 Å². The molecule has 0 fully saturated rings. The van der Waals surface area contributed by atoms with Crippen LogP contribution < -0.4 is 15.4 Å². The third-order valence-corrected chi connectivity index (χ3v) is 5.89. The van der Waals surface area contributed by atoms with Crippen LogP contribution in [-0.2, 0) is 23.0 Å². The van der Waals surface area contributed by atoms with Gasteiger partial charge in [-0.05, 0) is 25.5 Å². The summed E-state index contributed by atoms with van der Waals surface area (Å²) in [6, 6.07) is 3.10. The highest BCUT2D eigenvalue weighted by atomic mass is 32.2. The maximum atomic E-state index is 12.1. The molecule has 0 amide bonds. The number of nitrogens with zero attached hydrogens (tertiary/aromatic N) is 3. The van der Waals surface area contributed by atoms with Crippen molar-refractivity contribution in [2.75, 3.05) is 19.6 Å². The Morgan fingerprint density at radius 2 is 2.08 bits per heavy atom. The van der Waals surface area contributed by atoms with E-state index in [-0.39, 0.29) is 11.4 Å². The molecule has 10 heteroatoms. The molecule has 0 spiro atoms. The number of nitrogens with one attached hydrogen (secondary N) is 3. The van der Waals surface area contributed by atoms with Gasteiger partial charge in [0.15, 0.2) is 5.96 Å². The van der Waals surface area contributed by atoms with Crippen molar-refractivity contribution in [2.45, 2.75) is 31.7 Å². The van der Waals surface area contributed by atoms with Crippen LogP contribution in [0.5, 0.6) is 0 Å². The summed E-state index contributed by atoms with van der Waals surface area (Å²) in [6.07, 6.45) is 5.70. The zero-order chi connectivity index (χ0) is 18.8. The monoisotopic (exact) mass is 396 g/mol. The first-order valence-corrected chi connectivity index (χ1v) is 10.7. The van der Waals surface area contributed by atoms with Crippen molar-refractivity contribution in [2.24, 2.45) is 4.99 Å². The SMILES string of the molecule is CCNC(=NCc1ncc(CC)s1)NCCNS(=O)(=O)c1cccnc1. The second kappa shape index (κ2) is 10.2. The minimum Gasteiger partial charge on any atom is -0.357 e. The lowest BCUT2D eigenvalue weighted by Gasteiger charge is -2.11. The molecule has 0 aliphatic carbocycles. The van der Waals surface area contributed by atoms with E-state index in [1.807, 2.05) is 13.1 Å². The number of sulfonamides is 1. The van der Waals surface area contributed by atoms with Gasteiger partial charge in [0.2, 0.25) is 10.0 Å². The topological polar surface area (TPSA) is 108 Å². The maximum absolute atomic E-state index is 12.1. The van der Waals surface area contributed by atoms with E-state index in [4.69, 9.17) is 0 Å². The lowest BCUT2D eigenvalue weighted by molar-refractivity contribution is 0.580. The smallest absolute Gasteiger partial charge is 0.242 e. The van der Waals surface area contributed by atoms with E-state index in [1.54, 1.807) is 17.4 Å². The first-order chi connectivity index (χ1) is 12.5. The van der Waals surface area contributed by atoms with Crippen LogP contribution in [0.15, 0.2) is 40.6 Å². The summed E-state index contributed by atoms with van der Waals surface area (Å²) in [5.74, 6) is 0.626. The van der Waals surface area contributed by atoms with Crippen LogP contribution in [0.2, 0.25) is 0 Å². The van der Waals surface area contributed by atoms with E-state index in [0.29, 0.717) is 25.6 Å². The molecule has 0 bridgehead atoms. The Hall–Kier alpha value is -2.04. The van der Waals surface area contributed by atoms with Crippen LogP contribution in [-0.4, -0.2) is 44.0 Å². The van der Waals surface area contributed by atoms with Gasteiger partial charge in [-0.3, -0.25) is 4.98 Å². The predicted molar refractivity (Wildman–Crippen MR) is 104 cm³/mol. The Morgan fingerprint density at radius 1 is 1.23 bits per heavy atom. The van der Waals surface area contributed by atoms with E-state index >= 15 is 0 Å². The molecule has 26 heavy (non-hydrogen) atoms. The molecule has 0 saturated carbocycles. The van der Waals surface area contributed by atoms with Crippen LogP contribution in [0, 0.1) is 0 Å². The summed E-state index contributed by atoms with van der Waals surface area (Å²) in [7, 11) is -3.55. The van der Waals surface area contributed by atoms with Gasteiger partial charge in [-0.15, -0.1) is 11.3 Å². The zero-order valence-corrected chi connectivity index (χ0v) is 16.5. The van der Waals surface area contributed by atoms with Gasteiger partial charge in [0.25, 0.3) is 0 Å². The van der Waals surface area contributed by atoms with Crippen molar-refractivity contribution < 1.29 is 8.42 Å². The molecule has 2 aromatic heterocycles. The van der Waals surface area contributed by atoms with Crippen molar-refractivity contribution in [3.05, 3.63) is 40.6 Å². The fraction of sp³-hybridized carbons (Fsp3) is 0.438.